The van der Waals surface area contributed by atoms with E-state index in [1.165, 1.54) is 0 Å². The van der Waals surface area contributed by atoms with Crippen molar-refractivity contribution in [3.8, 4) is 28.6 Å². The van der Waals surface area contributed by atoms with E-state index in [0.29, 0.717) is 42.0 Å². The number of anilines is 1. The lowest BCUT2D eigenvalue weighted by atomic mass is 10.0. The first-order chi connectivity index (χ1) is 15.2. The molecule has 4 aromatic rings. The van der Waals surface area contributed by atoms with Crippen molar-refractivity contribution in [3.63, 3.8) is 0 Å². The molecule has 1 aromatic carbocycles. The van der Waals surface area contributed by atoms with Crippen LogP contribution in [0.4, 0.5) is 5.82 Å². The molecule has 0 atom stereocenters. The maximum Gasteiger partial charge on any atom is 0.228 e. The molecule has 0 bridgehead atoms. The minimum atomic E-state index is 0.0764. The first-order valence-corrected chi connectivity index (χ1v) is 9.79. The van der Waals surface area contributed by atoms with Crippen molar-refractivity contribution in [1.82, 2.24) is 19.4 Å². The van der Waals surface area contributed by atoms with Gasteiger partial charge in [0.25, 0.3) is 0 Å². The second kappa shape index (κ2) is 7.46. The molecule has 8 nitrogen and oxygen atoms in total. The summed E-state index contributed by atoms with van der Waals surface area (Å²) in [5.74, 6) is 0.693. The van der Waals surface area contributed by atoms with E-state index < -0.39 is 0 Å². The van der Waals surface area contributed by atoms with Gasteiger partial charge in [-0.2, -0.15) is 5.26 Å². The fourth-order valence-electron chi connectivity index (χ4n) is 3.85. The first-order valence-electron chi connectivity index (χ1n) is 9.79. The summed E-state index contributed by atoms with van der Waals surface area (Å²) in [6.45, 7) is 0.670. The molecule has 0 N–H and O–H groups in total. The summed E-state index contributed by atoms with van der Waals surface area (Å²) in [6.07, 6.45) is 7.13. The maximum absolute atomic E-state index is 12.0. The molecule has 31 heavy (non-hydrogen) atoms. The Morgan fingerprint density at radius 1 is 1.06 bits per heavy atom. The zero-order valence-corrected chi connectivity index (χ0v) is 16.4. The van der Waals surface area contributed by atoms with Crippen LogP contribution in [0.2, 0.25) is 0 Å². The fourth-order valence-corrected chi connectivity index (χ4v) is 3.85. The largest absolute Gasteiger partial charge is 0.297 e. The molecule has 1 aliphatic rings. The standard InChI is InChI=1S/C23H16N6O2/c24-12-15-3-5-16(6-4-15)21-22(29-11-9-25-23(29)18(14-30)27-21)17-7-8-19(26-13-17)28-10-1-2-20(28)31/h3-9,11,13-14H,1-2,10H2. The van der Waals surface area contributed by atoms with Gasteiger partial charge in [0.05, 0.1) is 23.0 Å². The molecule has 5 rings (SSSR count). The zero-order valence-electron chi connectivity index (χ0n) is 16.4. The van der Waals surface area contributed by atoms with Crippen molar-refractivity contribution in [2.24, 2.45) is 0 Å². The van der Waals surface area contributed by atoms with Crippen molar-refractivity contribution in [1.29, 1.82) is 5.26 Å². The molecule has 0 unspecified atom stereocenters. The number of rotatable bonds is 4. The number of hydrogen-bond donors (Lipinski definition) is 0. The van der Waals surface area contributed by atoms with E-state index in [1.807, 2.05) is 16.5 Å². The summed E-state index contributed by atoms with van der Waals surface area (Å²) < 4.78 is 1.81. The van der Waals surface area contributed by atoms with Gasteiger partial charge in [0.15, 0.2) is 11.9 Å². The number of carbonyl (C=O) groups excluding carboxylic acids is 2. The van der Waals surface area contributed by atoms with Gasteiger partial charge in [-0.05, 0) is 30.7 Å². The Bertz CT molecular complexity index is 1350. The van der Waals surface area contributed by atoms with E-state index in [4.69, 9.17) is 5.26 Å². The number of nitriles is 1. The van der Waals surface area contributed by atoms with E-state index in [1.54, 1.807) is 47.8 Å². The van der Waals surface area contributed by atoms with Gasteiger partial charge >= 0.3 is 0 Å². The number of aromatic nitrogens is 4. The molecule has 8 heteroatoms. The van der Waals surface area contributed by atoms with Crippen molar-refractivity contribution in [2.45, 2.75) is 12.8 Å². The quantitative estimate of drug-likeness (QED) is 0.480. The van der Waals surface area contributed by atoms with Crippen LogP contribution >= 0.6 is 0 Å². The second-order valence-corrected chi connectivity index (χ2v) is 7.18. The Morgan fingerprint density at radius 2 is 1.87 bits per heavy atom. The monoisotopic (exact) mass is 408 g/mol. The lowest BCUT2D eigenvalue weighted by molar-refractivity contribution is -0.117. The molecular formula is C23H16N6O2. The number of fused-ring (bicyclic) bond motifs is 1. The van der Waals surface area contributed by atoms with Gasteiger partial charge in [0.2, 0.25) is 5.91 Å². The van der Waals surface area contributed by atoms with E-state index in [9.17, 15) is 9.59 Å². The van der Waals surface area contributed by atoms with Crippen LogP contribution in [0.15, 0.2) is 55.0 Å². The number of carbonyl (C=O) groups is 2. The van der Waals surface area contributed by atoms with Crippen molar-refractivity contribution in [3.05, 3.63) is 66.2 Å². The van der Waals surface area contributed by atoms with Crippen LogP contribution in [0.3, 0.4) is 0 Å². The van der Waals surface area contributed by atoms with Gasteiger partial charge in [-0.3, -0.25) is 18.9 Å². The predicted octanol–water partition coefficient (Wildman–Crippen LogP) is 3.27. The van der Waals surface area contributed by atoms with E-state index in [2.05, 4.69) is 21.0 Å². The Morgan fingerprint density at radius 3 is 2.52 bits per heavy atom. The Hall–Kier alpha value is -4.38. The normalized spacial score (nSPS) is 13.5. The summed E-state index contributed by atoms with van der Waals surface area (Å²) >= 11 is 0. The van der Waals surface area contributed by atoms with E-state index >= 15 is 0 Å². The van der Waals surface area contributed by atoms with Gasteiger partial charge in [0.1, 0.15) is 11.5 Å². The number of amides is 1. The maximum atomic E-state index is 12.0. The minimum absolute atomic E-state index is 0.0764. The number of hydrogen-bond acceptors (Lipinski definition) is 6. The molecule has 1 aliphatic heterocycles. The van der Waals surface area contributed by atoms with Gasteiger partial charge in [0, 0.05) is 42.7 Å². The fraction of sp³-hybridized carbons (Fsp3) is 0.130. The molecule has 0 aliphatic carbocycles. The SMILES string of the molecule is N#Cc1ccc(-c2nc(C=O)c3nccn3c2-c2ccc(N3CCCC3=O)nc2)cc1. The smallest absolute Gasteiger partial charge is 0.228 e. The second-order valence-electron chi connectivity index (χ2n) is 7.18. The van der Waals surface area contributed by atoms with Crippen molar-refractivity contribution in [2.75, 3.05) is 11.4 Å². The average Bonchev–Trinajstić information content (AvgIpc) is 3.47. The van der Waals surface area contributed by atoms with E-state index in [-0.39, 0.29) is 11.6 Å². The van der Waals surface area contributed by atoms with Crippen LogP contribution in [-0.2, 0) is 4.79 Å². The van der Waals surface area contributed by atoms with Gasteiger partial charge in [-0.25, -0.2) is 15.0 Å². The number of nitrogens with zero attached hydrogens (tertiary/aromatic N) is 6. The summed E-state index contributed by atoms with van der Waals surface area (Å²) in [4.78, 5) is 38.8. The van der Waals surface area contributed by atoms with Crippen LogP contribution in [0.5, 0.6) is 0 Å². The zero-order chi connectivity index (χ0) is 21.4. The van der Waals surface area contributed by atoms with Gasteiger partial charge in [-0.1, -0.05) is 12.1 Å². The third-order valence-electron chi connectivity index (χ3n) is 5.34. The predicted molar refractivity (Wildman–Crippen MR) is 113 cm³/mol. The molecule has 0 spiro atoms. The third-order valence-corrected chi connectivity index (χ3v) is 5.34. The lowest BCUT2D eigenvalue weighted by Crippen LogP contribution is -2.24. The van der Waals surface area contributed by atoms with Gasteiger partial charge in [-0.15, -0.1) is 0 Å². The molecule has 150 valence electrons. The molecule has 1 saturated heterocycles. The molecule has 1 amide bonds. The van der Waals surface area contributed by atoms with Crippen LogP contribution < -0.4 is 4.90 Å². The summed E-state index contributed by atoms with van der Waals surface area (Å²) in [5.41, 5.74) is 4.01. The van der Waals surface area contributed by atoms with Crippen molar-refractivity contribution < 1.29 is 9.59 Å². The lowest BCUT2D eigenvalue weighted by Gasteiger charge is -2.16. The summed E-state index contributed by atoms with van der Waals surface area (Å²) in [6, 6.07) is 12.8. The third kappa shape index (κ3) is 3.13. The Balaban J connectivity index is 1.69. The van der Waals surface area contributed by atoms with Crippen molar-refractivity contribution >= 4 is 23.7 Å². The Labute approximate surface area is 177 Å². The average molecular weight is 408 g/mol. The Kier molecular flexibility index (Phi) is 4.49. The highest BCUT2D eigenvalue weighted by Gasteiger charge is 2.23. The molecule has 3 aromatic heterocycles. The number of aldehydes is 1. The summed E-state index contributed by atoms with van der Waals surface area (Å²) in [7, 11) is 0. The van der Waals surface area contributed by atoms with Gasteiger partial charge < -0.3 is 0 Å². The minimum Gasteiger partial charge on any atom is -0.297 e. The van der Waals surface area contributed by atoms with Crippen LogP contribution in [0, 0.1) is 11.3 Å². The van der Waals surface area contributed by atoms with Crippen LogP contribution in [0.25, 0.3) is 28.2 Å². The molecule has 1 fully saturated rings. The van der Waals surface area contributed by atoms with E-state index in [0.717, 1.165) is 23.2 Å². The number of benzene rings is 1. The molecule has 0 saturated carbocycles. The molecule has 4 heterocycles. The highest BCUT2D eigenvalue weighted by atomic mass is 16.2. The highest BCUT2D eigenvalue weighted by Crippen LogP contribution is 2.33. The summed E-state index contributed by atoms with van der Waals surface area (Å²) in [5, 5.41) is 9.10. The molecule has 0 radical (unpaired) electrons. The topological polar surface area (TPSA) is 104 Å². The first kappa shape index (κ1) is 18.6. The van der Waals surface area contributed by atoms with Crippen LogP contribution in [-0.4, -0.2) is 38.1 Å². The highest BCUT2D eigenvalue weighted by molar-refractivity contribution is 5.94. The van der Waals surface area contributed by atoms with Crippen LogP contribution in [0.1, 0.15) is 28.9 Å². The number of pyridine rings is 1. The number of imidazole rings is 1. The molecular weight excluding hydrogens is 392 g/mol.